The van der Waals surface area contributed by atoms with Crippen LogP contribution in [0.15, 0.2) is 47.9 Å². The molecule has 98 valence electrons. The van der Waals surface area contributed by atoms with Gasteiger partial charge in [-0.05, 0) is 23.6 Å². The molecule has 19 heavy (non-hydrogen) atoms. The Morgan fingerprint density at radius 1 is 1.32 bits per heavy atom. The van der Waals surface area contributed by atoms with Gasteiger partial charge in [-0.3, -0.25) is 4.79 Å². The molecule has 0 atom stereocenters. The molecule has 0 aliphatic carbocycles. The zero-order valence-electron chi connectivity index (χ0n) is 10.5. The fourth-order valence-electron chi connectivity index (χ4n) is 1.63. The van der Waals surface area contributed by atoms with Crippen LogP contribution in [0.2, 0.25) is 0 Å². The zero-order chi connectivity index (χ0) is 13.7. The van der Waals surface area contributed by atoms with Crippen molar-refractivity contribution >= 4 is 23.3 Å². The summed E-state index contributed by atoms with van der Waals surface area (Å²) in [5, 5.41) is 1.95. The quantitative estimate of drug-likeness (QED) is 0.781. The maximum Gasteiger partial charge on any atom is 0.246 e. The number of likely N-dealkylation sites (N-methyl/N-ethyl adjacent to an activating group) is 1. The Morgan fingerprint density at radius 2 is 2.11 bits per heavy atom. The van der Waals surface area contributed by atoms with E-state index >= 15 is 0 Å². The van der Waals surface area contributed by atoms with Crippen LogP contribution in [0.25, 0.3) is 6.08 Å². The second kappa shape index (κ2) is 6.29. The molecule has 0 aliphatic rings. The molecule has 0 radical (unpaired) electrons. The van der Waals surface area contributed by atoms with E-state index in [1.807, 2.05) is 17.5 Å². The molecule has 1 aromatic carbocycles. The number of thiophene rings is 1. The van der Waals surface area contributed by atoms with Crippen molar-refractivity contribution < 1.29 is 9.18 Å². The molecule has 1 heterocycles. The Morgan fingerprint density at radius 3 is 2.79 bits per heavy atom. The van der Waals surface area contributed by atoms with Crippen molar-refractivity contribution in [1.29, 1.82) is 0 Å². The minimum Gasteiger partial charge on any atom is -0.338 e. The average molecular weight is 275 g/mol. The Bertz CT molecular complexity index is 578. The lowest BCUT2D eigenvalue weighted by Gasteiger charge is -2.15. The van der Waals surface area contributed by atoms with Gasteiger partial charge >= 0.3 is 0 Å². The van der Waals surface area contributed by atoms with Crippen LogP contribution in [0.5, 0.6) is 0 Å². The number of halogens is 1. The first-order valence-electron chi connectivity index (χ1n) is 5.87. The number of carbonyl (C=O) groups excluding carboxylic acids is 1. The first-order valence-corrected chi connectivity index (χ1v) is 6.75. The van der Waals surface area contributed by atoms with Crippen LogP contribution in [-0.4, -0.2) is 17.9 Å². The van der Waals surface area contributed by atoms with Crippen molar-refractivity contribution in [3.8, 4) is 0 Å². The maximum atomic E-state index is 13.5. The SMILES string of the molecule is CN(Cc1ccccc1F)C(=O)/C=C/c1cccs1. The minimum atomic E-state index is -0.288. The minimum absolute atomic E-state index is 0.142. The molecule has 1 amide bonds. The van der Waals surface area contributed by atoms with Crippen molar-refractivity contribution in [2.24, 2.45) is 0 Å². The van der Waals surface area contributed by atoms with Gasteiger partial charge in [-0.2, -0.15) is 0 Å². The van der Waals surface area contributed by atoms with Gasteiger partial charge in [-0.15, -0.1) is 11.3 Å². The van der Waals surface area contributed by atoms with Crippen LogP contribution in [0.1, 0.15) is 10.4 Å². The van der Waals surface area contributed by atoms with E-state index < -0.39 is 0 Å². The lowest BCUT2D eigenvalue weighted by molar-refractivity contribution is -0.125. The number of hydrogen-bond donors (Lipinski definition) is 0. The van der Waals surface area contributed by atoms with Gasteiger partial charge in [0.05, 0.1) is 0 Å². The van der Waals surface area contributed by atoms with E-state index in [4.69, 9.17) is 0 Å². The van der Waals surface area contributed by atoms with E-state index in [1.54, 1.807) is 42.7 Å². The summed E-state index contributed by atoms with van der Waals surface area (Å²) in [5.41, 5.74) is 0.517. The van der Waals surface area contributed by atoms with Gasteiger partial charge in [0.15, 0.2) is 0 Å². The summed E-state index contributed by atoms with van der Waals surface area (Å²) in [4.78, 5) is 14.4. The molecular formula is C15H14FNOS. The molecule has 0 N–H and O–H groups in total. The summed E-state index contributed by atoms with van der Waals surface area (Å²) < 4.78 is 13.5. The third kappa shape index (κ3) is 3.76. The lowest BCUT2D eigenvalue weighted by Crippen LogP contribution is -2.24. The van der Waals surface area contributed by atoms with Crippen LogP contribution in [0.4, 0.5) is 4.39 Å². The largest absolute Gasteiger partial charge is 0.338 e. The van der Waals surface area contributed by atoms with Gasteiger partial charge in [0.1, 0.15) is 5.82 Å². The highest BCUT2D eigenvalue weighted by molar-refractivity contribution is 7.10. The Hall–Kier alpha value is -1.94. The van der Waals surface area contributed by atoms with E-state index in [0.29, 0.717) is 5.56 Å². The van der Waals surface area contributed by atoms with Crippen LogP contribution >= 0.6 is 11.3 Å². The second-order valence-corrected chi connectivity index (χ2v) is 5.11. The van der Waals surface area contributed by atoms with Gasteiger partial charge in [0.2, 0.25) is 5.91 Å². The molecule has 0 unspecified atom stereocenters. The zero-order valence-corrected chi connectivity index (χ0v) is 11.4. The Labute approximate surface area is 115 Å². The summed E-state index contributed by atoms with van der Waals surface area (Å²) >= 11 is 1.57. The summed E-state index contributed by atoms with van der Waals surface area (Å²) in [6, 6.07) is 10.3. The smallest absolute Gasteiger partial charge is 0.246 e. The summed E-state index contributed by atoms with van der Waals surface area (Å²) in [6.07, 6.45) is 3.28. The maximum absolute atomic E-state index is 13.5. The molecule has 4 heteroatoms. The molecule has 0 bridgehead atoms. The molecule has 2 rings (SSSR count). The third-order valence-corrected chi connectivity index (χ3v) is 3.51. The first kappa shape index (κ1) is 13.5. The van der Waals surface area contributed by atoms with Crippen molar-refractivity contribution in [3.63, 3.8) is 0 Å². The summed E-state index contributed by atoms with van der Waals surface area (Å²) in [5.74, 6) is -0.430. The van der Waals surface area contributed by atoms with Gasteiger partial charge in [-0.25, -0.2) is 4.39 Å². The van der Waals surface area contributed by atoms with Crippen LogP contribution in [0.3, 0.4) is 0 Å². The summed E-state index contributed by atoms with van der Waals surface area (Å²) in [6.45, 7) is 0.264. The predicted molar refractivity (Wildman–Crippen MR) is 76.2 cm³/mol. The number of benzene rings is 1. The monoisotopic (exact) mass is 275 g/mol. The highest BCUT2D eigenvalue weighted by Gasteiger charge is 2.08. The van der Waals surface area contributed by atoms with Crippen molar-refractivity contribution in [2.45, 2.75) is 6.54 Å². The lowest BCUT2D eigenvalue weighted by atomic mass is 10.2. The average Bonchev–Trinajstić information content (AvgIpc) is 2.91. The van der Waals surface area contributed by atoms with E-state index in [1.165, 1.54) is 17.0 Å². The van der Waals surface area contributed by atoms with E-state index in [9.17, 15) is 9.18 Å². The Balaban J connectivity index is 1.98. The molecule has 2 nitrogen and oxygen atoms in total. The molecule has 0 fully saturated rings. The van der Waals surface area contributed by atoms with Crippen LogP contribution < -0.4 is 0 Å². The van der Waals surface area contributed by atoms with Gasteiger partial charge in [-0.1, -0.05) is 24.3 Å². The fraction of sp³-hybridized carbons (Fsp3) is 0.133. The molecular weight excluding hydrogens is 261 g/mol. The second-order valence-electron chi connectivity index (χ2n) is 4.13. The number of amides is 1. The van der Waals surface area contributed by atoms with E-state index in [0.717, 1.165) is 4.88 Å². The highest BCUT2D eigenvalue weighted by atomic mass is 32.1. The van der Waals surface area contributed by atoms with Gasteiger partial charge in [0.25, 0.3) is 0 Å². The number of carbonyl (C=O) groups is 1. The molecule has 0 saturated carbocycles. The highest BCUT2D eigenvalue weighted by Crippen LogP contribution is 2.12. The predicted octanol–water partition coefficient (Wildman–Crippen LogP) is 3.56. The molecule has 0 saturated heterocycles. The third-order valence-electron chi connectivity index (χ3n) is 2.67. The van der Waals surface area contributed by atoms with E-state index in [2.05, 4.69) is 0 Å². The molecule has 0 aliphatic heterocycles. The standard InChI is InChI=1S/C15H14FNOS/c1-17(11-12-5-2-3-7-14(12)16)15(18)9-8-13-6-4-10-19-13/h2-10H,11H2,1H3/b9-8+. The topological polar surface area (TPSA) is 20.3 Å². The van der Waals surface area contributed by atoms with Crippen molar-refractivity contribution in [3.05, 3.63) is 64.1 Å². The first-order chi connectivity index (χ1) is 9.16. The normalized spacial score (nSPS) is 10.8. The van der Waals surface area contributed by atoms with Gasteiger partial charge < -0.3 is 4.90 Å². The number of rotatable bonds is 4. The molecule has 2 aromatic rings. The fourth-order valence-corrected chi connectivity index (χ4v) is 2.24. The Kier molecular flexibility index (Phi) is 4.47. The molecule has 0 spiro atoms. The molecule has 1 aromatic heterocycles. The van der Waals surface area contributed by atoms with Crippen molar-refractivity contribution in [2.75, 3.05) is 7.05 Å². The van der Waals surface area contributed by atoms with Crippen molar-refractivity contribution in [1.82, 2.24) is 4.90 Å². The summed E-state index contributed by atoms with van der Waals surface area (Å²) in [7, 11) is 1.66. The number of hydrogen-bond acceptors (Lipinski definition) is 2. The number of nitrogens with zero attached hydrogens (tertiary/aromatic N) is 1. The van der Waals surface area contributed by atoms with Gasteiger partial charge in [0, 0.05) is 30.1 Å². The van der Waals surface area contributed by atoms with E-state index in [-0.39, 0.29) is 18.3 Å². The van der Waals surface area contributed by atoms with Crippen LogP contribution in [0, 0.1) is 5.82 Å². The van der Waals surface area contributed by atoms with Crippen LogP contribution in [-0.2, 0) is 11.3 Å².